The molecular weight excluding hydrogens is 558 g/mol. The number of aromatic hydroxyl groups is 1. The zero-order valence-electron chi connectivity index (χ0n) is 19.3. The first-order valence-electron chi connectivity index (χ1n) is 10.5. The third-order valence-corrected chi connectivity index (χ3v) is 7.25. The number of hydrogen-bond acceptors (Lipinski definition) is 10. The summed E-state index contributed by atoms with van der Waals surface area (Å²) < 4.78 is 66.2. The molecule has 0 amide bonds. The van der Waals surface area contributed by atoms with Gasteiger partial charge in [-0.05, 0) is 78.5 Å². The van der Waals surface area contributed by atoms with Crippen LogP contribution in [-0.4, -0.2) is 31.0 Å². The van der Waals surface area contributed by atoms with Gasteiger partial charge in [0.25, 0.3) is 20.2 Å². The molecule has 4 aromatic rings. The van der Waals surface area contributed by atoms with Crippen LogP contribution in [0.4, 0.5) is 28.4 Å². The third kappa shape index (κ3) is 5.79. The van der Waals surface area contributed by atoms with Crippen molar-refractivity contribution in [2.24, 2.45) is 20.5 Å². The van der Waals surface area contributed by atoms with Crippen molar-refractivity contribution in [1.82, 2.24) is 0 Å². The van der Waals surface area contributed by atoms with Gasteiger partial charge in [0.2, 0.25) is 0 Å². The zero-order valence-corrected chi connectivity index (χ0v) is 21.7. The normalized spacial score (nSPS) is 12.6. The van der Waals surface area contributed by atoms with Crippen molar-refractivity contribution in [3.63, 3.8) is 0 Å². The molecule has 0 radical (unpaired) electrons. The van der Waals surface area contributed by atoms with Crippen LogP contribution >= 0.6 is 11.6 Å². The van der Waals surface area contributed by atoms with E-state index in [9.17, 15) is 31.0 Å². The summed E-state index contributed by atoms with van der Waals surface area (Å²) in [6, 6.07) is 13.7. The van der Waals surface area contributed by atoms with E-state index < -0.39 is 41.5 Å². The van der Waals surface area contributed by atoms with Crippen LogP contribution in [0.2, 0.25) is 5.02 Å². The van der Waals surface area contributed by atoms with Gasteiger partial charge in [-0.2, -0.15) is 27.1 Å². The number of halogens is 1. The molecule has 0 bridgehead atoms. The molecule has 0 aliphatic carbocycles. The van der Waals surface area contributed by atoms with Gasteiger partial charge in [-0.15, -0.1) is 10.2 Å². The molecule has 0 atom stereocenters. The summed E-state index contributed by atoms with van der Waals surface area (Å²) in [5, 5.41) is 27.0. The van der Waals surface area contributed by atoms with Crippen molar-refractivity contribution in [3.05, 3.63) is 71.2 Å². The molecule has 0 spiro atoms. The summed E-state index contributed by atoms with van der Waals surface area (Å²) in [7, 11) is -9.38. The van der Waals surface area contributed by atoms with Crippen LogP contribution in [0.15, 0.2) is 90.9 Å². The minimum absolute atomic E-state index is 0.0845. The van der Waals surface area contributed by atoms with E-state index in [-0.39, 0.29) is 27.2 Å². The van der Waals surface area contributed by atoms with Crippen LogP contribution in [0.5, 0.6) is 5.75 Å². The fourth-order valence-electron chi connectivity index (χ4n) is 3.47. The maximum Gasteiger partial charge on any atom is 0.296 e. The number of azo groups is 2. The van der Waals surface area contributed by atoms with Crippen molar-refractivity contribution in [2.75, 3.05) is 5.73 Å². The van der Waals surface area contributed by atoms with E-state index in [0.29, 0.717) is 16.9 Å². The second-order valence-corrected chi connectivity index (χ2v) is 11.2. The molecule has 0 fully saturated rings. The van der Waals surface area contributed by atoms with Gasteiger partial charge in [0.15, 0.2) is 5.75 Å². The quantitative estimate of drug-likeness (QED) is 0.114. The van der Waals surface area contributed by atoms with Crippen LogP contribution < -0.4 is 5.73 Å². The molecule has 4 rings (SSSR count). The molecular formula is C23H18ClN5O7S2. The average molecular weight is 576 g/mol. The number of nitrogens with two attached hydrogens (primary N) is 1. The number of hydrogen-bond donors (Lipinski definition) is 4. The number of nitrogens with zero attached hydrogens (tertiary/aromatic N) is 4. The topological polar surface area (TPSA) is 204 Å². The standard InChI is InChI=1S/C23H18ClN5O7S2/c1-12-8-16(4-7-18(12)27-28-19-6-2-14(24)11-20(19)37(31,32)33)26-29-22-21(38(34,35)36)10-13-9-15(25)3-5-17(13)23(22)30/h2-11,30H,25H2,1H3,(H,31,32,33)(H,34,35,36). The predicted molar refractivity (Wildman–Crippen MR) is 141 cm³/mol. The Labute approximate surface area is 221 Å². The third-order valence-electron chi connectivity index (χ3n) is 5.26. The highest BCUT2D eigenvalue weighted by molar-refractivity contribution is 7.86. The lowest BCUT2D eigenvalue weighted by atomic mass is 10.1. The van der Waals surface area contributed by atoms with Gasteiger partial charge in [-0.25, -0.2) is 0 Å². The van der Waals surface area contributed by atoms with E-state index in [0.717, 1.165) is 12.1 Å². The first-order valence-corrected chi connectivity index (χ1v) is 13.7. The molecule has 0 unspecified atom stereocenters. The van der Waals surface area contributed by atoms with E-state index in [1.165, 1.54) is 48.5 Å². The second kappa shape index (κ2) is 10.1. The Bertz CT molecular complexity index is 1880. The summed E-state index contributed by atoms with van der Waals surface area (Å²) in [5.41, 5.74) is 6.54. The van der Waals surface area contributed by atoms with E-state index in [4.69, 9.17) is 17.3 Å². The largest absolute Gasteiger partial charge is 0.505 e. The molecule has 196 valence electrons. The van der Waals surface area contributed by atoms with E-state index in [2.05, 4.69) is 20.5 Å². The van der Waals surface area contributed by atoms with E-state index in [1.807, 2.05) is 0 Å². The molecule has 5 N–H and O–H groups in total. The van der Waals surface area contributed by atoms with Crippen molar-refractivity contribution in [1.29, 1.82) is 0 Å². The maximum atomic E-state index is 12.0. The smallest absolute Gasteiger partial charge is 0.296 e. The van der Waals surface area contributed by atoms with Crippen molar-refractivity contribution >= 4 is 71.0 Å². The summed E-state index contributed by atoms with van der Waals surface area (Å²) in [5.74, 6) is -0.515. The van der Waals surface area contributed by atoms with E-state index in [1.54, 1.807) is 6.92 Å². The summed E-state index contributed by atoms with van der Waals surface area (Å²) >= 11 is 5.80. The minimum atomic E-state index is -4.78. The summed E-state index contributed by atoms with van der Waals surface area (Å²) in [6.07, 6.45) is 0. The Balaban J connectivity index is 1.70. The van der Waals surface area contributed by atoms with Crippen molar-refractivity contribution < 1.29 is 31.0 Å². The second-order valence-electron chi connectivity index (χ2n) is 7.99. The van der Waals surface area contributed by atoms with Gasteiger partial charge in [0.1, 0.15) is 21.2 Å². The van der Waals surface area contributed by atoms with Gasteiger partial charge >= 0.3 is 0 Å². The first kappa shape index (κ1) is 27.1. The minimum Gasteiger partial charge on any atom is -0.505 e. The lowest BCUT2D eigenvalue weighted by Crippen LogP contribution is -1.99. The van der Waals surface area contributed by atoms with E-state index >= 15 is 0 Å². The Morgan fingerprint density at radius 1 is 0.763 bits per heavy atom. The van der Waals surface area contributed by atoms with Crippen LogP contribution in [0.3, 0.4) is 0 Å². The summed E-state index contributed by atoms with van der Waals surface area (Å²) in [6.45, 7) is 1.65. The number of fused-ring (bicyclic) bond motifs is 1. The predicted octanol–water partition coefficient (Wildman–Crippen LogP) is 6.41. The number of nitrogen functional groups attached to an aromatic ring is 1. The number of phenols is 1. The van der Waals surface area contributed by atoms with Crippen LogP contribution in [0.1, 0.15) is 5.56 Å². The zero-order chi connectivity index (χ0) is 27.8. The molecule has 0 aliphatic rings. The Kier molecular flexibility index (Phi) is 7.18. The molecule has 12 nitrogen and oxygen atoms in total. The Hall–Kier alpha value is -3.95. The van der Waals surface area contributed by atoms with Crippen LogP contribution in [-0.2, 0) is 20.2 Å². The molecule has 0 saturated heterocycles. The SMILES string of the molecule is Cc1cc(N=Nc2c(S(=O)(=O)O)cc3cc(N)ccc3c2O)ccc1N=Nc1ccc(Cl)cc1S(=O)(=O)O. The number of aryl methyl sites for hydroxylation is 1. The Morgan fingerprint density at radius 2 is 1.42 bits per heavy atom. The number of rotatable bonds is 6. The lowest BCUT2D eigenvalue weighted by molar-refractivity contribution is 0.472. The highest BCUT2D eigenvalue weighted by Gasteiger charge is 2.22. The van der Waals surface area contributed by atoms with Crippen molar-refractivity contribution in [2.45, 2.75) is 16.7 Å². The molecule has 0 saturated carbocycles. The van der Waals surface area contributed by atoms with Gasteiger partial charge < -0.3 is 10.8 Å². The van der Waals surface area contributed by atoms with Gasteiger partial charge in [0.05, 0.1) is 11.4 Å². The van der Waals surface area contributed by atoms with Crippen molar-refractivity contribution in [3.8, 4) is 5.75 Å². The van der Waals surface area contributed by atoms with Crippen LogP contribution in [0, 0.1) is 6.92 Å². The summed E-state index contributed by atoms with van der Waals surface area (Å²) in [4.78, 5) is -1.17. The lowest BCUT2D eigenvalue weighted by Gasteiger charge is -2.09. The highest BCUT2D eigenvalue weighted by atomic mass is 35.5. The van der Waals surface area contributed by atoms with Gasteiger partial charge in [-0.1, -0.05) is 11.6 Å². The van der Waals surface area contributed by atoms with Gasteiger partial charge in [-0.3, -0.25) is 9.11 Å². The fraction of sp³-hybridized carbons (Fsp3) is 0.0435. The molecule has 0 heterocycles. The molecule has 0 aliphatic heterocycles. The molecule has 0 aromatic heterocycles. The van der Waals surface area contributed by atoms with Gasteiger partial charge in [0, 0.05) is 16.1 Å². The molecule has 38 heavy (non-hydrogen) atoms. The average Bonchev–Trinajstić information content (AvgIpc) is 2.82. The number of phenolic OH excluding ortho intramolecular Hbond substituents is 1. The Morgan fingerprint density at radius 3 is 2.08 bits per heavy atom. The molecule has 4 aromatic carbocycles. The monoisotopic (exact) mass is 575 g/mol. The van der Waals surface area contributed by atoms with Crippen LogP contribution in [0.25, 0.3) is 10.8 Å². The maximum absolute atomic E-state index is 12.0. The molecule has 15 heteroatoms. The number of benzene rings is 4. The highest BCUT2D eigenvalue weighted by Crippen LogP contribution is 2.42. The number of anilines is 1. The fourth-order valence-corrected chi connectivity index (χ4v) is 5.01. The first-order chi connectivity index (χ1) is 17.7.